The van der Waals surface area contributed by atoms with Gasteiger partial charge in [0.15, 0.2) is 0 Å². The van der Waals surface area contributed by atoms with Crippen molar-refractivity contribution in [3.05, 3.63) is 89.4 Å². The molecule has 3 atom stereocenters. The van der Waals surface area contributed by atoms with E-state index in [0.29, 0.717) is 18.7 Å². The van der Waals surface area contributed by atoms with Gasteiger partial charge in [0.25, 0.3) is 5.91 Å². The highest BCUT2D eigenvalue weighted by molar-refractivity contribution is 5.97. The minimum Gasteiger partial charge on any atom is -0.472 e. The number of hydrogen-bond donors (Lipinski definition) is 1. The van der Waals surface area contributed by atoms with Gasteiger partial charge in [0.1, 0.15) is 11.7 Å². The summed E-state index contributed by atoms with van der Waals surface area (Å²) in [7, 11) is 1.75. The predicted molar refractivity (Wildman–Crippen MR) is 146 cm³/mol. The SMILES string of the molecule is C[C@H](CO)N1C[C@H](C)[C@H](CN(C)C(=O)Cc2cccnc2)Oc2ncc(/C=C/c3ccccc3)cc2C1=O. The number of aromatic nitrogens is 2. The highest BCUT2D eigenvalue weighted by Gasteiger charge is 2.34. The van der Waals surface area contributed by atoms with Crippen molar-refractivity contribution in [2.45, 2.75) is 32.4 Å². The first kappa shape index (κ1) is 27.0. The average molecular weight is 515 g/mol. The van der Waals surface area contributed by atoms with Crippen molar-refractivity contribution < 1.29 is 19.4 Å². The summed E-state index contributed by atoms with van der Waals surface area (Å²) in [5.74, 6) is -0.182. The first-order valence-electron chi connectivity index (χ1n) is 12.8. The summed E-state index contributed by atoms with van der Waals surface area (Å²) in [5, 5.41) is 9.88. The maximum absolute atomic E-state index is 13.6. The van der Waals surface area contributed by atoms with Gasteiger partial charge >= 0.3 is 0 Å². The van der Waals surface area contributed by atoms with Crippen molar-refractivity contribution in [3.8, 4) is 5.88 Å². The zero-order valence-corrected chi connectivity index (χ0v) is 22.0. The smallest absolute Gasteiger partial charge is 0.259 e. The summed E-state index contributed by atoms with van der Waals surface area (Å²) in [6, 6.07) is 14.9. The number of benzene rings is 1. The fourth-order valence-electron chi connectivity index (χ4n) is 4.37. The third-order valence-corrected chi connectivity index (χ3v) is 6.77. The number of carbonyl (C=O) groups excluding carboxylic acids is 2. The topological polar surface area (TPSA) is 95.9 Å². The lowest BCUT2D eigenvalue weighted by atomic mass is 9.99. The van der Waals surface area contributed by atoms with Gasteiger partial charge in [-0.05, 0) is 35.7 Å². The Labute approximate surface area is 223 Å². The van der Waals surface area contributed by atoms with E-state index in [4.69, 9.17) is 4.74 Å². The van der Waals surface area contributed by atoms with Crippen LogP contribution in [0.2, 0.25) is 0 Å². The largest absolute Gasteiger partial charge is 0.472 e. The summed E-state index contributed by atoms with van der Waals surface area (Å²) in [6.45, 7) is 4.34. The normalized spacial score (nSPS) is 18.3. The van der Waals surface area contributed by atoms with Gasteiger partial charge in [-0.15, -0.1) is 0 Å². The molecule has 0 aliphatic carbocycles. The lowest BCUT2D eigenvalue weighted by Gasteiger charge is -2.37. The number of fused-ring (bicyclic) bond motifs is 1. The molecule has 0 spiro atoms. The van der Waals surface area contributed by atoms with Gasteiger partial charge in [-0.1, -0.05) is 55.5 Å². The Morgan fingerprint density at radius 1 is 1.18 bits per heavy atom. The number of nitrogens with zero attached hydrogens (tertiary/aromatic N) is 4. The molecule has 1 aliphatic rings. The molecule has 3 heterocycles. The molecule has 2 amide bonds. The molecule has 0 saturated carbocycles. The molecule has 8 heteroatoms. The molecule has 0 fully saturated rings. The van der Waals surface area contributed by atoms with Crippen LogP contribution in [0.5, 0.6) is 5.88 Å². The second-order valence-corrected chi connectivity index (χ2v) is 9.80. The molecule has 8 nitrogen and oxygen atoms in total. The summed E-state index contributed by atoms with van der Waals surface area (Å²) in [4.78, 5) is 38.4. The number of amides is 2. The molecule has 3 aromatic rings. The standard InChI is InChI=1S/C30H34N4O4/c1-21-18-34(22(2)20-35)30(37)26-14-25(12-11-23-8-5-4-6-9-23)17-32-29(26)38-27(21)19-33(3)28(36)15-24-10-7-13-31-16-24/h4-14,16-17,21-22,27,35H,15,18-20H2,1-3H3/b12-11+/t21-,22+,27-/m0/s1. The van der Waals surface area contributed by atoms with Crippen LogP contribution in [0.15, 0.2) is 67.1 Å². The van der Waals surface area contributed by atoms with Crippen molar-refractivity contribution in [1.82, 2.24) is 19.8 Å². The Bertz CT molecular complexity index is 1270. The van der Waals surface area contributed by atoms with Gasteiger partial charge in [0, 0.05) is 38.1 Å². The maximum atomic E-state index is 13.6. The highest BCUT2D eigenvalue weighted by Crippen LogP contribution is 2.28. The van der Waals surface area contributed by atoms with Gasteiger partial charge in [-0.25, -0.2) is 4.98 Å². The third kappa shape index (κ3) is 6.63. The van der Waals surface area contributed by atoms with E-state index in [-0.39, 0.29) is 42.7 Å². The van der Waals surface area contributed by atoms with E-state index in [1.165, 1.54) is 0 Å². The number of aliphatic hydroxyl groups excluding tert-OH is 1. The van der Waals surface area contributed by atoms with Crippen LogP contribution in [-0.4, -0.2) is 75.6 Å². The molecule has 1 aliphatic heterocycles. The second-order valence-electron chi connectivity index (χ2n) is 9.80. The molecule has 4 rings (SSSR count). The zero-order chi connectivity index (χ0) is 27.1. The van der Waals surface area contributed by atoms with Crippen LogP contribution in [-0.2, 0) is 11.2 Å². The van der Waals surface area contributed by atoms with Crippen LogP contribution in [0, 0.1) is 5.92 Å². The molecule has 2 aromatic heterocycles. The molecule has 0 saturated heterocycles. The number of rotatable bonds is 8. The van der Waals surface area contributed by atoms with E-state index in [0.717, 1.165) is 16.7 Å². The van der Waals surface area contributed by atoms with E-state index < -0.39 is 6.10 Å². The number of carbonyl (C=O) groups is 2. The minimum absolute atomic E-state index is 0.0536. The van der Waals surface area contributed by atoms with E-state index in [9.17, 15) is 14.7 Å². The monoisotopic (exact) mass is 514 g/mol. The van der Waals surface area contributed by atoms with Crippen molar-refractivity contribution in [2.24, 2.45) is 5.92 Å². The van der Waals surface area contributed by atoms with E-state index in [2.05, 4.69) is 9.97 Å². The van der Waals surface area contributed by atoms with Crippen molar-refractivity contribution >= 4 is 24.0 Å². The van der Waals surface area contributed by atoms with Gasteiger partial charge in [-0.3, -0.25) is 14.6 Å². The number of hydrogen-bond acceptors (Lipinski definition) is 6. The summed E-state index contributed by atoms with van der Waals surface area (Å²) in [5.41, 5.74) is 2.97. The van der Waals surface area contributed by atoms with Crippen LogP contribution in [0.4, 0.5) is 0 Å². The lowest BCUT2D eigenvalue weighted by molar-refractivity contribution is -0.130. The Balaban J connectivity index is 1.59. The van der Waals surface area contributed by atoms with Gasteiger partial charge in [-0.2, -0.15) is 0 Å². The fourth-order valence-corrected chi connectivity index (χ4v) is 4.37. The Kier molecular flexibility index (Phi) is 8.86. The van der Waals surface area contributed by atoms with Crippen molar-refractivity contribution in [3.63, 3.8) is 0 Å². The van der Waals surface area contributed by atoms with Gasteiger partial charge < -0.3 is 19.6 Å². The first-order valence-corrected chi connectivity index (χ1v) is 12.8. The summed E-state index contributed by atoms with van der Waals surface area (Å²) in [6.07, 6.45) is 8.73. The predicted octanol–water partition coefficient (Wildman–Crippen LogP) is 3.57. The zero-order valence-electron chi connectivity index (χ0n) is 22.0. The van der Waals surface area contributed by atoms with E-state index in [1.54, 1.807) is 41.5 Å². The average Bonchev–Trinajstić information content (AvgIpc) is 2.94. The number of aliphatic hydroxyl groups is 1. The van der Waals surface area contributed by atoms with Crippen molar-refractivity contribution in [2.75, 3.05) is 26.7 Å². The van der Waals surface area contributed by atoms with Crippen LogP contribution in [0.3, 0.4) is 0 Å². The minimum atomic E-state index is -0.406. The quantitative estimate of drug-likeness (QED) is 0.494. The number of pyridine rings is 2. The van der Waals surface area contributed by atoms with Crippen molar-refractivity contribution in [1.29, 1.82) is 0 Å². The Hall–Kier alpha value is -4.04. The molecule has 1 aromatic carbocycles. The molecule has 0 bridgehead atoms. The third-order valence-electron chi connectivity index (χ3n) is 6.77. The number of ether oxygens (including phenoxy) is 1. The Morgan fingerprint density at radius 2 is 1.95 bits per heavy atom. The van der Waals surface area contributed by atoms with Gasteiger partial charge in [0.05, 0.1) is 25.6 Å². The molecule has 0 radical (unpaired) electrons. The van der Waals surface area contributed by atoms with E-state index in [1.807, 2.05) is 68.5 Å². The van der Waals surface area contributed by atoms with E-state index >= 15 is 0 Å². The Morgan fingerprint density at radius 3 is 2.66 bits per heavy atom. The molecular weight excluding hydrogens is 480 g/mol. The van der Waals surface area contributed by atoms with Crippen LogP contribution < -0.4 is 4.74 Å². The van der Waals surface area contributed by atoms with Crippen LogP contribution in [0.25, 0.3) is 12.2 Å². The van der Waals surface area contributed by atoms with Crippen LogP contribution in [0.1, 0.15) is 40.9 Å². The molecule has 198 valence electrons. The summed E-state index contributed by atoms with van der Waals surface area (Å²) >= 11 is 0. The molecular formula is C30H34N4O4. The second kappa shape index (κ2) is 12.5. The molecule has 1 N–H and O–H groups in total. The first-order chi connectivity index (χ1) is 18.4. The molecule has 0 unspecified atom stereocenters. The van der Waals surface area contributed by atoms with Gasteiger partial charge in [0.2, 0.25) is 11.8 Å². The maximum Gasteiger partial charge on any atom is 0.259 e. The van der Waals surface area contributed by atoms with Crippen LogP contribution >= 0.6 is 0 Å². The molecule has 38 heavy (non-hydrogen) atoms. The number of likely N-dealkylation sites (N-methyl/N-ethyl adjacent to an activating group) is 1. The fraction of sp³-hybridized carbons (Fsp3) is 0.333. The highest BCUT2D eigenvalue weighted by atomic mass is 16.5. The summed E-state index contributed by atoms with van der Waals surface area (Å²) < 4.78 is 6.32. The lowest BCUT2D eigenvalue weighted by Crippen LogP contribution is -2.50.